The van der Waals surface area contributed by atoms with Crippen molar-refractivity contribution in [2.24, 2.45) is 17.8 Å². The summed E-state index contributed by atoms with van der Waals surface area (Å²) in [6.45, 7) is 5.39. The maximum atomic E-state index is 14.5. The molecule has 0 radical (unpaired) electrons. The number of carbonyl (C=O) groups is 1. The Hall–Kier alpha value is -1.72. The van der Waals surface area contributed by atoms with Crippen molar-refractivity contribution < 1.29 is 9.18 Å². The van der Waals surface area contributed by atoms with E-state index >= 15 is 0 Å². The molecule has 0 bridgehead atoms. The minimum Gasteiger partial charge on any atom is -0.354 e. The number of nitrogens with zero attached hydrogens (tertiary/aromatic N) is 4. The SMILES string of the molecule is CCc1ncnc(N2CCC(CC(=O)N3CC4CCCC4C3)CC2)c1F. The fourth-order valence-electron chi connectivity index (χ4n) is 5.03. The van der Waals surface area contributed by atoms with Crippen LogP contribution in [-0.2, 0) is 11.2 Å². The molecule has 1 aromatic heterocycles. The van der Waals surface area contributed by atoms with Gasteiger partial charge in [-0.3, -0.25) is 4.79 Å². The van der Waals surface area contributed by atoms with Crippen LogP contribution in [0.5, 0.6) is 0 Å². The molecule has 1 aliphatic carbocycles. The van der Waals surface area contributed by atoms with E-state index in [9.17, 15) is 9.18 Å². The van der Waals surface area contributed by atoms with Crippen LogP contribution in [0.2, 0.25) is 0 Å². The van der Waals surface area contributed by atoms with E-state index in [0.29, 0.717) is 36.2 Å². The van der Waals surface area contributed by atoms with Crippen LogP contribution >= 0.6 is 0 Å². The monoisotopic (exact) mass is 360 g/mol. The molecular weight excluding hydrogens is 331 g/mol. The molecule has 0 N–H and O–H groups in total. The Kier molecular flexibility index (Phi) is 5.09. The van der Waals surface area contributed by atoms with Crippen LogP contribution in [0, 0.1) is 23.6 Å². The summed E-state index contributed by atoms with van der Waals surface area (Å²) in [5.74, 6) is 2.40. The Labute approximate surface area is 155 Å². The summed E-state index contributed by atoms with van der Waals surface area (Å²) in [6.07, 6.45) is 8.49. The van der Waals surface area contributed by atoms with Crippen LogP contribution in [0.3, 0.4) is 0 Å². The Morgan fingerprint density at radius 1 is 1.15 bits per heavy atom. The van der Waals surface area contributed by atoms with Crippen molar-refractivity contribution in [3.8, 4) is 0 Å². The highest BCUT2D eigenvalue weighted by molar-refractivity contribution is 5.76. The zero-order valence-corrected chi connectivity index (χ0v) is 15.7. The van der Waals surface area contributed by atoms with Gasteiger partial charge in [0.25, 0.3) is 0 Å². The molecule has 142 valence electrons. The first-order valence-corrected chi connectivity index (χ1v) is 10.2. The molecule has 2 unspecified atom stereocenters. The average Bonchev–Trinajstić information content (AvgIpc) is 3.25. The molecule has 3 aliphatic rings. The molecule has 5 nitrogen and oxygen atoms in total. The normalized spacial score (nSPS) is 26.4. The van der Waals surface area contributed by atoms with Crippen molar-refractivity contribution in [2.45, 2.75) is 51.9 Å². The number of hydrogen-bond donors (Lipinski definition) is 0. The van der Waals surface area contributed by atoms with E-state index in [4.69, 9.17) is 0 Å². The number of aromatic nitrogens is 2. The lowest BCUT2D eigenvalue weighted by atomic mass is 9.93. The van der Waals surface area contributed by atoms with Gasteiger partial charge in [-0.2, -0.15) is 0 Å². The summed E-state index contributed by atoms with van der Waals surface area (Å²) in [5.41, 5.74) is 0.479. The van der Waals surface area contributed by atoms with Crippen LogP contribution in [0.4, 0.5) is 10.2 Å². The average molecular weight is 360 g/mol. The van der Waals surface area contributed by atoms with Gasteiger partial charge in [-0.05, 0) is 49.9 Å². The highest BCUT2D eigenvalue weighted by Crippen LogP contribution is 2.38. The number of amides is 1. The Morgan fingerprint density at radius 2 is 1.85 bits per heavy atom. The second kappa shape index (κ2) is 7.49. The third-order valence-corrected chi connectivity index (χ3v) is 6.63. The molecule has 1 aromatic rings. The molecule has 6 heteroatoms. The summed E-state index contributed by atoms with van der Waals surface area (Å²) in [5, 5.41) is 0. The third kappa shape index (κ3) is 3.42. The molecule has 1 amide bonds. The maximum Gasteiger partial charge on any atom is 0.222 e. The van der Waals surface area contributed by atoms with Crippen LogP contribution in [0.25, 0.3) is 0 Å². The van der Waals surface area contributed by atoms with E-state index in [2.05, 4.69) is 14.9 Å². The molecule has 3 fully saturated rings. The van der Waals surface area contributed by atoms with Gasteiger partial charge in [0.1, 0.15) is 6.33 Å². The standard InChI is InChI=1S/C20H29FN4O/c1-2-17-19(21)20(23-13-22-17)24-8-6-14(7-9-24)10-18(26)25-11-15-4-3-5-16(15)12-25/h13-16H,2-12H2,1H3. The predicted octanol–water partition coefficient (Wildman–Crippen LogP) is 3.04. The van der Waals surface area contributed by atoms with E-state index in [1.54, 1.807) is 0 Å². The minimum absolute atomic E-state index is 0.284. The topological polar surface area (TPSA) is 49.3 Å². The van der Waals surface area contributed by atoms with Gasteiger partial charge < -0.3 is 9.80 Å². The first kappa shape index (κ1) is 17.7. The van der Waals surface area contributed by atoms with Gasteiger partial charge in [-0.1, -0.05) is 13.3 Å². The van der Waals surface area contributed by atoms with Crippen molar-refractivity contribution in [3.05, 3.63) is 17.8 Å². The molecule has 0 aromatic carbocycles. The predicted molar refractivity (Wildman–Crippen MR) is 98.3 cm³/mol. The first-order chi connectivity index (χ1) is 12.7. The van der Waals surface area contributed by atoms with Crippen LogP contribution in [0.1, 0.15) is 51.1 Å². The summed E-state index contributed by atoms with van der Waals surface area (Å²) in [6, 6.07) is 0. The Bertz CT molecular complexity index is 647. The maximum absolute atomic E-state index is 14.5. The van der Waals surface area contributed by atoms with Gasteiger partial charge in [0.15, 0.2) is 11.6 Å². The van der Waals surface area contributed by atoms with Crippen molar-refractivity contribution in [1.29, 1.82) is 0 Å². The zero-order valence-electron chi connectivity index (χ0n) is 15.7. The van der Waals surface area contributed by atoms with E-state index in [-0.39, 0.29) is 5.82 Å². The summed E-state index contributed by atoms with van der Waals surface area (Å²) in [7, 11) is 0. The van der Waals surface area contributed by atoms with Crippen molar-refractivity contribution in [3.63, 3.8) is 0 Å². The Balaban J connectivity index is 1.29. The lowest BCUT2D eigenvalue weighted by Crippen LogP contribution is -2.38. The highest BCUT2D eigenvalue weighted by atomic mass is 19.1. The lowest BCUT2D eigenvalue weighted by molar-refractivity contribution is -0.131. The van der Waals surface area contributed by atoms with Gasteiger partial charge in [0.05, 0.1) is 5.69 Å². The lowest BCUT2D eigenvalue weighted by Gasteiger charge is -2.33. The highest BCUT2D eigenvalue weighted by Gasteiger charge is 2.38. The molecule has 26 heavy (non-hydrogen) atoms. The molecule has 2 atom stereocenters. The molecule has 0 spiro atoms. The van der Waals surface area contributed by atoms with Crippen molar-refractivity contribution in [1.82, 2.24) is 14.9 Å². The molecule has 2 saturated heterocycles. The number of carbonyl (C=O) groups excluding carboxylic acids is 1. The number of rotatable bonds is 4. The van der Waals surface area contributed by atoms with Crippen LogP contribution in [-0.4, -0.2) is 47.0 Å². The fraction of sp³-hybridized carbons (Fsp3) is 0.750. The summed E-state index contributed by atoms with van der Waals surface area (Å²) >= 11 is 0. The number of anilines is 1. The van der Waals surface area contributed by atoms with Crippen molar-refractivity contribution >= 4 is 11.7 Å². The van der Waals surface area contributed by atoms with Gasteiger partial charge >= 0.3 is 0 Å². The van der Waals surface area contributed by atoms with E-state index in [0.717, 1.165) is 50.9 Å². The summed E-state index contributed by atoms with van der Waals surface area (Å²) in [4.78, 5) is 25.0. The first-order valence-electron chi connectivity index (χ1n) is 10.2. The smallest absolute Gasteiger partial charge is 0.222 e. The summed E-state index contributed by atoms with van der Waals surface area (Å²) < 4.78 is 14.5. The second-order valence-corrected chi connectivity index (χ2v) is 8.20. The van der Waals surface area contributed by atoms with Crippen LogP contribution in [0.15, 0.2) is 6.33 Å². The minimum atomic E-state index is -0.284. The largest absolute Gasteiger partial charge is 0.354 e. The Morgan fingerprint density at radius 3 is 2.50 bits per heavy atom. The fourth-order valence-corrected chi connectivity index (χ4v) is 5.03. The molecule has 1 saturated carbocycles. The van der Waals surface area contributed by atoms with Crippen molar-refractivity contribution in [2.75, 3.05) is 31.1 Å². The number of hydrogen-bond acceptors (Lipinski definition) is 4. The number of halogens is 1. The van der Waals surface area contributed by atoms with Crippen LogP contribution < -0.4 is 4.90 Å². The van der Waals surface area contributed by atoms with E-state index < -0.39 is 0 Å². The second-order valence-electron chi connectivity index (χ2n) is 8.20. The quantitative estimate of drug-likeness (QED) is 0.828. The van der Waals surface area contributed by atoms with E-state index in [1.165, 1.54) is 25.6 Å². The molecule has 3 heterocycles. The van der Waals surface area contributed by atoms with E-state index in [1.807, 2.05) is 11.8 Å². The number of piperidine rings is 1. The van der Waals surface area contributed by atoms with Gasteiger partial charge in [-0.15, -0.1) is 0 Å². The van der Waals surface area contributed by atoms with Gasteiger partial charge in [0.2, 0.25) is 5.91 Å². The molecular formula is C20H29FN4O. The zero-order chi connectivity index (χ0) is 18.1. The molecule has 2 aliphatic heterocycles. The van der Waals surface area contributed by atoms with Gasteiger partial charge in [-0.25, -0.2) is 14.4 Å². The van der Waals surface area contributed by atoms with Gasteiger partial charge in [0, 0.05) is 32.6 Å². The number of fused-ring (bicyclic) bond motifs is 1. The molecule has 4 rings (SSSR count). The number of aryl methyl sites for hydroxylation is 1. The number of likely N-dealkylation sites (tertiary alicyclic amines) is 1. The third-order valence-electron chi connectivity index (χ3n) is 6.63.